The van der Waals surface area contributed by atoms with E-state index in [1.165, 1.54) is 13.1 Å². The third-order valence-electron chi connectivity index (χ3n) is 3.06. The molecule has 2 aromatic heterocycles. The second-order valence-corrected chi connectivity index (χ2v) is 5.38. The van der Waals surface area contributed by atoms with E-state index >= 15 is 0 Å². The number of hydrogen-bond acceptors (Lipinski definition) is 4. The number of anilines is 1. The van der Waals surface area contributed by atoms with Crippen LogP contribution in [0.25, 0.3) is 11.0 Å². The number of alkyl halides is 3. The monoisotopic (exact) mass is 330 g/mol. The van der Waals surface area contributed by atoms with Crippen molar-refractivity contribution >= 4 is 22.6 Å². The predicted octanol–water partition coefficient (Wildman–Crippen LogP) is 2.92. The fourth-order valence-electron chi connectivity index (χ4n) is 1.93. The van der Waals surface area contributed by atoms with Gasteiger partial charge in [0.05, 0.1) is 18.1 Å². The topological polar surface area (TPSA) is 69.0 Å². The molecule has 0 aliphatic rings. The van der Waals surface area contributed by atoms with Crippen molar-refractivity contribution in [3.63, 3.8) is 0 Å². The molecule has 0 saturated carbocycles. The number of hydrogen-bond donors (Lipinski definition) is 1. The molecule has 2 heterocycles. The molecule has 0 bridgehead atoms. The van der Waals surface area contributed by atoms with Crippen molar-refractivity contribution in [1.29, 1.82) is 0 Å². The Morgan fingerprint density at radius 1 is 1.35 bits per heavy atom. The number of carbonyl (C=O) groups is 1. The van der Waals surface area contributed by atoms with E-state index in [0.717, 1.165) is 5.39 Å². The van der Waals surface area contributed by atoms with Crippen LogP contribution in [0.1, 0.15) is 26.8 Å². The van der Waals surface area contributed by atoms with Crippen LogP contribution in [0.4, 0.5) is 18.9 Å². The first-order valence-electron chi connectivity index (χ1n) is 7.00. The van der Waals surface area contributed by atoms with Gasteiger partial charge in [0.1, 0.15) is 12.7 Å². The highest BCUT2D eigenvalue weighted by molar-refractivity contribution is 5.95. The number of nitrogens with one attached hydrogen (secondary N) is 1. The SMILES string of the molecule is CC(OCC(F)(F)F)C(=O)Nc1cnc2c(cnn2C(C)C)c1. The first kappa shape index (κ1) is 17.2. The van der Waals surface area contributed by atoms with Crippen molar-refractivity contribution in [2.75, 3.05) is 11.9 Å². The van der Waals surface area contributed by atoms with Crippen molar-refractivity contribution in [2.45, 2.75) is 39.1 Å². The zero-order valence-electron chi connectivity index (χ0n) is 12.9. The summed E-state index contributed by atoms with van der Waals surface area (Å²) in [4.78, 5) is 16.1. The minimum Gasteiger partial charge on any atom is -0.359 e. The average Bonchev–Trinajstić information content (AvgIpc) is 2.87. The second kappa shape index (κ2) is 6.53. The van der Waals surface area contributed by atoms with Crippen LogP contribution in [0.2, 0.25) is 0 Å². The lowest BCUT2D eigenvalue weighted by Gasteiger charge is -2.14. The first-order valence-corrected chi connectivity index (χ1v) is 7.00. The summed E-state index contributed by atoms with van der Waals surface area (Å²) in [7, 11) is 0. The maximum atomic E-state index is 12.1. The lowest BCUT2D eigenvalue weighted by Crippen LogP contribution is -2.31. The van der Waals surface area contributed by atoms with Gasteiger partial charge >= 0.3 is 6.18 Å². The normalized spacial score (nSPS) is 13.5. The summed E-state index contributed by atoms with van der Waals surface area (Å²) >= 11 is 0. The van der Waals surface area contributed by atoms with Gasteiger partial charge < -0.3 is 10.1 Å². The summed E-state index contributed by atoms with van der Waals surface area (Å²) in [5, 5.41) is 7.40. The van der Waals surface area contributed by atoms with Gasteiger partial charge in [-0.2, -0.15) is 18.3 Å². The predicted molar refractivity (Wildman–Crippen MR) is 78.0 cm³/mol. The van der Waals surface area contributed by atoms with Crippen molar-refractivity contribution in [3.8, 4) is 0 Å². The molecule has 0 aliphatic heterocycles. The van der Waals surface area contributed by atoms with Crippen molar-refractivity contribution in [1.82, 2.24) is 14.8 Å². The van der Waals surface area contributed by atoms with Crippen LogP contribution in [0.15, 0.2) is 18.5 Å². The van der Waals surface area contributed by atoms with Gasteiger partial charge in [0, 0.05) is 11.4 Å². The molecule has 1 amide bonds. The van der Waals surface area contributed by atoms with Gasteiger partial charge in [-0.1, -0.05) is 0 Å². The number of amides is 1. The van der Waals surface area contributed by atoms with Crippen LogP contribution in [-0.2, 0) is 9.53 Å². The van der Waals surface area contributed by atoms with Crippen LogP contribution in [0, 0.1) is 0 Å². The summed E-state index contributed by atoms with van der Waals surface area (Å²) in [6.45, 7) is 3.71. The maximum Gasteiger partial charge on any atom is 0.411 e. The summed E-state index contributed by atoms with van der Waals surface area (Å²) in [5.74, 6) is -0.674. The zero-order valence-corrected chi connectivity index (χ0v) is 12.9. The van der Waals surface area contributed by atoms with E-state index < -0.39 is 24.8 Å². The summed E-state index contributed by atoms with van der Waals surface area (Å²) in [5.41, 5.74) is 1.03. The quantitative estimate of drug-likeness (QED) is 0.915. The number of rotatable bonds is 5. The fraction of sp³-hybridized carbons (Fsp3) is 0.500. The van der Waals surface area contributed by atoms with Gasteiger partial charge in [-0.05, 0) is 26.8 Å². The highest BCUT2D eigenvalue weighted by Gasteiger charge is 2.30. The van der Waals surface area contributed by atoms with Gasteiger partial charge in [-0.25, -0.2) is 9.67 Å². The summed E-state index contributed by atoms with van der Waals surface area (Å²) < 4.78 is 42.4. The molecule has 0 radical (unpaired) electrons. The van der Waals surface area contributed by atoms with E-state index in [2.05, 4.69) is 20.1 Å². The number of halogens is 3. The molecule has 2 aromatic rings. The van der Waals surface area contributed by atoms with E-state index in [-0.39, 0.29) is 6.04 Å². The lowest BCUT2D eigenvalue weighted by molar-refractivity contribution is -0.184. The largest absolute Gasteiger partial charge is 0.411 e. The van der Waals surface area contributed by atoms with Crippen molar-refractivity contribution in [3.05, 3.63) is 18.5 Å². The molecule has 2 rings (SSSR count). The molecule has 9 heteroatoms. The van der Waals surface area contributed by atoms with E-state index in [1.807, 2.05) is 13.8 Å². The molecule has 0 fully saturated rings. The Morgan fingerprint density at radius 3 is 2.65 bits per heavy atom. The Hall–Kier alpha value is -2.16. The minimum absolute atomic E-state index is 0.135. The van der Waals surface area contributed by atoms with E-state index in [0.29, 0.717) is 11.3 Å². The summed E-state index contributed by atoms with van der Waals surface area (Å²) in [6, 6.07) is 1.79. The number of aromatic nitrogens is 3. The number of ether oxygens (including phenoxy) is 1. The Kier molecular flexibility index (Phi) is 4.88. The van der Waals surface area contributed by atoms with Gasteiger partial charge in [0.15, 0.2) is 5.65 Å². The number of fused-ring (bicyclic) bond motifs is 1. The van der Waals surface area contributed by atoms with Crippen LogP contribution < -0.4 is 5.32 Å². The zero-order chi connectivity index (χ0) is 17.2. The van der Waals surface area contributed by atoms with Crippen molar-refractivity contribution in [2.24, 2.45) is 0 Å². The van der Waals surface area contributed by atoms with E-state index in [9.17, 15) is 18.0 Å². The Bertz CT molecular complexity index is 697. The molecule has 6 nitrogen and oxygen atoms in total. The molecule has 1 atom stereocenters. The Labute approximate surface area is 130 Å². The molecular formula is C14H17F3N4O2. The average molecular weight is 330 g/mol. The third kappa shape index (κ3) is 4.41. The smallest absolute Gasteiger partial charge is 0.359 e. The van der Waals surface area contributed by atoms with Crippen LogP contribution >= 0.6 is 0 Å². The van der Waals surface area contributed by atoms with E-state index in [1.54, 1.807) is 16.9 Å². The van der Waals surface area contributed by atoms with Crippen molar-refractivity contribution < 1.29 is 22.7 Å². The minimum atomic E-state index is -4.47. The number of pyridine rings is 1. The number of nitrogens with zero attached hydrogens (tertiary/aromatic N) is 3. The summed E-state index contributed by atoms with van der Waals surface area (Å²) in [6.07, 6.45) is -2.66. The van der Waals surface area contributed by atoms with Crippen LogP contribution in [0.5, 0.6) is 0 Å². The first-order chi connectivity index (χ1) is 10.7. The molecule has 1 unspecified atom stereocenters. The molecule has 23 heavy (non-hydrogen) atoms. The van der Waals surface area contributed by atoms with Gasteiger partial charge in [-0.3, -0.25) is 4.79 Å². The molecular weight excluding hydrogens is 313 g/mol. The Morgan fingerprint density at radius 2 is 2.04 bits per heavy atom. The molecule has 0 saturated heterocycles. The fourth-order valence-corrected chi connectivity index (χ4v) is 1.93. The molecule has 0 spiro atoms. The lowest BCUT2D eigenvalue weighted by atomic mass is 10.3. The van der Waals surface area contributed by atoms with Gasteiger partial charge in [0.2, 0.25) is 0 Å². The second-order valence-electron chi connectivity index (χ2n) is 5.38. The standard InChI is InChI=1S/C14H17F3N4O2/c1-8(2)21-12-10(5-19-21)4-11(6-18-12)20-13(22)9(3)23-7-14(15,16)17/h4-6,8-9H,7H2,1-3H3,(H,20,22). The number of carbonyl (C=O) groups excluding carboxylic acids is 1. The highest BCUT2D eigenvalue weighted by Crippen LogP contribution is 2.20. The van der Waals surface area contributed by atoms with Gasteiger partial charge in [-0.15, -0.1) is 0 Å². The maximum absolute atomic E-state index is 12.1. The third-order valence-corrected chi connectivity index (χ3v) is 3.06. The van der Waals surface area contributed by atoms with Gasteiger partial charge in [0.25, 0.3) is 5.91 Å². The van der Waals surface area contributed by atoms with Crippen LogP contribution in [-0.4, -0.2) is 39.6 Å². The van der Waals surface area contributed by atoms with Crippen LogP contribution in [0.3, 0.4) is 0 Å². The molecule has 0 aromatic carbocycles. The molecule has 0 aliphatic carbocycles. The van der Waals surface area contributed by atoms with E-state index in [4.69, 9.17) is 0 Å². The molecule has 1 N–H and O–H groups in total. The Balaban J connectivity index is 2.05. The molecule has 126 valence electrons. The highest BCUT2D eigenvalue weighted by atomic mass is 19.4.